The number of hydrogen-bond donors (Lipinski definition) is 3. The van der Waals surface area contributed by atoms with E-state index >= 15 is 0 Å². The van der Waals surface area contributed by atoms with Crippen LogP contribution in [0.3, 0.4) is 0 Å². The van der Waals surface area contributed by atoms with Gasteiger partial charge in [-0.25, -0.2) is 4.99 Å². The smallest absolute Gasteiger partial charge is 0.416 e. The molecule has 4 N–H and O–H groups in total. The van der Waals surface area contributed by atoms with Crippen molar-refractivity contribution >= 4 is 57.3 Å². The van der Waals surface area contributed by atoms with E-state index in [9.17, 15) is 22.8 Å². The number of carbonyl (C=O) groups is 2. The predicted molar refractivity (Wildman–Crippen MR) is 152 cm³/mol. The maximum atomic E-state index is 13.5. The minimum Gasteiger partial charge on any atom is -0.492 e. The zero-order valence-corrected chi connectivity index (χ0v) is 22.9. The van der Waals surface area contributed by atoms with Crippen molar-refractivity contribution in [2.75, 3.05) is 17.2 Å². The summed E-state index contributed by atoms with van der Waals surface area (Å²) in [5, 5.41) is 4.09. The summed E-state index contributed by atoms with van der Waals surface area (Å²) in [4.78, 5) is 31.4. The lowest BCUT2D eigenvalue weighted by molar-refractivity contribution is -0.137. The van der Waals surface area contributed by atoms with Gasteiger partial charge in [-0.05, 0) is 55.8 Å². The molecule has 0 spiro atoms. The fourth-order valence-electron chi connectivity index (χ4n) is 3.82. The minimum absolute atomic E-state index is 0.0326. The SMILES string of the molecule is CCOc1ccccc1NC(=O)C1=C(N)C(C(=O)Nc2cc(C(F)(F)F)ccc2Cl)SC1=Nc1ccccc1C. The van der Waals surface area contributed by atoms with Gasteiger partial charge in [0.1, 0.15) is 16.0 Å². The average Bonchev–Trinajstić information content (AvgIpc) is 3.23. The minimum atomic E-state index is -4.64. The van der Waals surface area contributed by atoms with Crippen LogP contribution in [0, 0.1) is 6.92 Å². The molecule has 1 atom stereocenters. The summed E-state index contributed by atoms with van der Waals surface area (Å²) >= 11 is 6.97. The molecule has 0 saturated carbocycles. The van der Waals surface area contributed by atoms with Crippen LogP contribution in [0.2, 0.25) is 5.02 Å². The molecule has 1 heterocycles. The molecule has 208 valence electrons. The molecule has 0 radical (unpaired) electrons. The van der Waals surface area contributed by atoms with Crippen molar-refractivity contribution in [1.29, 1.82) is 0 Å². The summed E-state index contributed by atoms with van der Waals surface area (Å²) in [6, 6.07) is 16.6. The van der Waals surface area contributed by atoms with Gasteiger partial charge in [0.2, 0.25) is 5.91 Å². The van der Waals surface area contributed by atoms with Crippen molar-refractivity contribution in [3.63, 3.8) is 0 Å². The predicted octanol–water partition coefficient (Wildman–Crippen LogP) is 6.70. The highest BCUT2D eigenvalue weighted by Crippen LogP contribution is 2.38. The number of halogens is 4. The van der Waals surface area contributed by atoms with Crippen LogP contribution in [-0.2, 0) is 15.8 Å². The van der Waals surface area contributed by atoms with Gasteiger partial charge in [0.15, 0.2) is 0 Å². The van der Waals surface area contributed by atoms with Gasteiger partial charge in [0, 0.05) is 5.70 Å². The molecule has 3 aromatic rings. The van der Waals surface area contributed by atoms with Crippen molar-refractivity contribution in [1.82, 2.24) is 0 Å². The monoisotopic (exact) mass is 588 g/mol. The zero-order valence-electron chi connectivity index (χ0n) is 21.3. The number of para-hydroxylation sites is 3. The summed E-state index contributed by atoms with van der Waals surface area (Å²) in [6.07, 6.45) is -4.64. The number of benzene rings is 3. The molecule has 4 rings (SSSR count). The molecule has 7 nitrogen and oxygen atoms in total. The van der Waals surface area contributed by atoms with E-state index in [-0.39, 0.29) is 27.0 Å². The third-order valence-electron chi connectivity index (χ3n) is 5.80. The molecule has 40 heavy (non-hydrogen) atoms. The Morgan fingerprint density at radius 3 is 2.45 bits per heavy atom. The Morgan fingerprint density at radius 2 is 1.75 bits per heavy atom. The van der Waals surface area contributed by atoms with Crippen LogP contribution in [0.4, 0.5) is 30.2 Å². The highest BCUT2D eigenvalue weighted by atomic mass is 35.5. The molecule has 0 aromatic heterocycles. The van der Waals surface area contributed by atoms with E-state index in [1.165, 1.54) is 0 Å². The number of rotatable bonds is 7. The van der Waals surface area contributed by atoms with Gasteiger partial charge in [0.05, 0.1) is 39.8 Å². The number of carbonyl (C=O) groups excluding carboxylic acids is 2. The number of nitrogens with zero attached hydrogens (tertiary/aromatic N) is 1. The Morgan fingerprint density at radius 1 is 1.05 bits per heavy atom. The summed E-state index contributed by atoms with van der Waals surface area (Å²) < 4.78 is 45.3. The number of nitrogens with two attached hydrogens (primary N) is 1. The lowest BCUT2D eigenvalue weighted by atomic mass is 10.1. The van der Waals surface area contributed by atoms with Crippen LogP contribution < -0.4 is 21.1 Å². The quantitative estimate of drug-likeness (QED) is 0.285. The third-order valence-corrected chi connectivity index (χ3v) is 7.36. The lowest BCUT2D eigenvalue weighted by Crippen LogP contribution is -2.29. The molecular weight excluding hydrogens is 565 g/mol. The number of anilines is 2. The van der Waals surface area contributed by atoms with Crippen LogP contribution >= 0.6 is 23.4 Å². The van der Waals surface area contributed by atoms with Gasteiger partial charge < -0.3 is 21.1 Å². The Kier molecular flexibility index (Phi) is 8.75. The second-order valence-corrected chi connectivity index (χ2v) is 10.1. The average molecular weight is 589 g/mol. The first-order valence-electron chi connectivity index (χ1n) is 12.0. The molecule has 0 bridgehead atoms. The molecule has 0 saturated heterocycles. The molecule has 1 unspecified atom stereocenters. The topological polar surface area (TPSA) is 106 Å². The van der Waals surface area contributed by atoms with Gasteiger partial charge in [-0.15, -0.1) is 0 Å². The Balaban J connectivity index is 1.70. The maximum Gasteiger partial charge on any atom is 0.416 e. The fourth-order valence-corrected chi connectivity index (χ4v) is 5.10. The summed E-state index contributed by atoms with van der Waals surface area (Å²) in [6.45, 7) is 4.01. The van der Waals surface area contributed by atoms with E-state index in [1.54, 1.807) is 43.3 Å². The van der Waals surface area contributed by atoms with Crippen LogP contribution in [0.25, 0.3) is 0 Å². The first-order valence-corrected chi connectivity index (χ1v) is 13.3. The van der Waals surface area contributed by atoms with Crippen molar-refractivity contribution in [2.24, 2.45) is 10.7 Å². The number of alkyl halides is 3. The number of aliphatic imine (C=N–C) groups is 1. The Bertz CT molecular complexity index is 1520. The van der Waals surface area contributed by atoms with Crippen molar-refractivity contribution < 1.29 is 27.5 Å². The van der Waals surface area contributed by atoms with Crippen LogP contribution in [0.15, 0.2) is 83.0 Å². The first kappa shape index (κ1) is 29.0. The molecular formula is C28H24ClF3N4O3S. The zero-order chi connectivity index (χ0) is 29.0. The Hall–Kier alpha value is -3.96. The van der Waals surface area contributed by atoms with Gasteiger partial charge in [-0.2, -0.15) is 13.2 Å². The normalized spacial score (nSPS) is 16.2. The van der Waals surface area contributed by atoms with Gasteiger partial charge >= 0.3 is 6.18 Å². The van der Waals surface area contributed by atoms with Crippen molar-refractivity contribution in [3.05, 3.63) is 94.1 Å². The van der Waals surface area contributed by atoms with Crippen molar-refractivity contribution in [2.45, 2.75) is 25.3 Å². The lowest BCUT2D eigenvalue weighted by Gasteiger charge is -2.14. The number of thioether (sulfide) groups is 1. The molecule has 3 aromatic carbocycles. The maximum absolute atomic E-state index is 13.5. The molecule has 0 fully saturated rings. The second-order valence-electron chi connectivity index (χ2n) is 8.60. The highest BCUT2D eigenvalue weighted by molar-refractivity contribution is 8.16. The molecule has 1 aliphatic rings. The van der Waals surface area contributed by atoms with Gasteiger partial charge in [-0.1, -0.05) is 53.7 Å². The fraction of sp³-hybridized carbons (Fsp3) is 0.179. The van der Waals surface area contributed by atoms with E-state index in [0.717, 1.165) is 35.5 Å². The standard InChI is InChI=1S/C28H24ClF3N4O3S/c1-3-39-21-11-7-6-10-19(21)34-25(37)22-23(33)24(40-27(22)36-18-9-5-4-8-15(18)2)26(38)35-20-14-16(28(30,31)32)12-13-17(20)29/h4-14,24H,3,33H2,1-2H3,(H,34,37)(H,35,38). The Labute approximate surface area is 237 Å². The van der Waals surface area contributed by atoms with Crippen LogP contribution in [0.5, 0.6) is 5.75 Å². The van der Waals surface area contributed by atoms with E-state index in [4.69, 9.17) is 22.1 Å². The number of aryl methyl sites for hydroxylation is 1. The van der Waals surface area contributed by atoms with Gasteiger partial charge in [0.25, 0.3) is 5.91 Å². The van der Waals surface area contributed by atoms with E-state index < -0.39 is 28.8 Å². The molecule has 12 heteroatoms. The second kappa shape index (κ2) is 12.1. The summed E-state index contributed by atoms with van der Waals surface area (Å²) in [5.74, 6) is -0.954. The number of nitrogens with one attached hydrogen (secondary N) is 2. The van der Waals surface area contributed by atoms with Crippen molar-refractivity contribution in [3.8, 4) is 5.75 Å². The summed E-state index contributed by atoms with van der Waals surface area (Å²) in [5.41, 5.74) is 6.76. The molecule has 1 aliphatic heterocycles. The number of hydrogen-bond acceptors (Lipinski definition) is 6. The number of ether oxygens (including phenoxy) is 1. The first-order chi connectivity index (χ1) is 19.0. The molecule has 2 amide bonds. The van der Waals surface area contributed by atoms with E-state index in [2.05, 4.69) is 15.6 Å². The van der Waals surface area contributed by atoms with Crippen LogP contribution in [-0.4, -0.2) is 28.7 Å². The van der Waals surface area contributed by atoms with Gasteiger partial charge in [-0.3, -0.25) is 9.59 Å². The van der Waals surface area contributed by atoms with E-state index in [1.807, 2.05) is 19.1 Å². The third kappa shape index (κ3) is 6.43. The van der Waals surface area contributed by atoms with Crippen LogP contribution in [0.1, 0.15) is 18.1 Å². The summed E-state index contributed by atoms with van der Waals surface area (Å²) in [7, 11) is 0. The largest absolute Gasteiger partial charge is 0.492 e. The molecule has 0 aliphatic carbocycles. The number of amides is 2. The highest BCUT2D eigenvalue weighted by Gasteiger charge is 2.39. The van der Waals surface area contributed by atoms with E-state index in [0.29, 0.717) is 23.7 Å².